The van der Waals surface area contributed by atoms with Crippen LogP contribution in [0.1, 0.15) is 58.6 Å². The fourth-order valence-corrected chi connectivity index (χ4v) is 4.43. The van der Waals surface area contributed by atoms with Crippen LogP contribution in [0.25, 0.3) is 11.3 Å². The minimum absolute atomic E-state index is 0.0805. The normalized spacial score (nSPS) is 15.9. The average Bonchev–Trinajstić information content (AvgIpc) is 3.54. The van der Waals surface area contributed by atoms with Crippen molar-refractivity contribution in [3.63, 3.8) is 0 Å². The SMILES string of the molecule is COc1cccc(Cc2cnc(C3CCCCN3C(=O)c3cc(-c4ccc(C)cc4)n[nH]3)o2)c1. The third kappa shape index (κ3) is 4.59. The smallest absolute Gasteiger partial charge is 0.272 e. The molecule has 7 nitrogen and oxygen atoms in total. The highest BCUT2D eigenvalue weighted by molar-refractivity contribution is 5.93. The van der Waals surface area contributed by atoms with Crippen LogP contribution in [0.4, 0.5) is 0 Å². The van der Waals surface area contributed by atoms with E-state index in [-0.39, 0.29) is 11.9 Å². The first-order valence-corrected chi connectivity index (χ1v) is 11.6. The highest BCUT2D eigenvalue weighted by Gasteiger charge is 2.33. The largest absolute Gasteiger partial charge is 0.497 e. The van der Waals surface area contributed by atoms with Crippen LogP contribution >= 0.6 is 0 Å². The molecule has 174 valence electrons. The van der Waals surface area contributed by atoms with Crippen molar-refractivity contribution in [2.24, 2.45) is 0 Å². The van der Waals surface area contributed by atoms with Crippen molar-refractivity contribution in [1.82, 2.24) is 20.1 Å². The number of likely N-dealkylation sites (tertiary alicyclic amines) is 1. The van der Waals surface area contributed by atoms with Crippen LogP contribution in [0.15, 0.2) is 65.2 Å². The number of benzene rings is 2. The number of nitrogens with one attached hydrogen (secondary N) is 1. The Labute approximate surface area is 198 Å². The zero-order valence-electron chi connectivity index (χ0n) is 19.5. The van der Waals surface area contributed by atoms with Crippen LogP contribution in [0, 0.1) is 6.92 Å². The molecular weight excluding hydrogens is 428 g/mol. The van der Waals surface area contributed by atoms with E-state index in [2.05, 4.69) is 15.2 Å². The van der Waals surface area contributed by atoms with Crippen LogP contribution in [0.2, 0.25) is 0 Å². The third-order valence-corrected chi connectivity index (χ3v) is 6.29. The molecule has 1 N–H and O–H groups in total. The van der Waals surface area contributed by atoms with Crippen molar-refractivity contribution in [3.05, 3.63) is 89.3 Å². The van der Waals surface area contributed by atoms with Crippen molar-refractivity contribution in [2.45, 2.75) is 38.6 Å². The lowest BCUT2D eigenvalue weighted by Crippen LogP contribution is -2.38. The van der Waals surface area contributed by atoms with Gasteiger partial charge in [-0.05, 0) is 49.9 Å². The summed E-state index contributed by atoms with van der Waals surface area (Å²) < 4.78 is 11.4. The number of rotatable bonds is 6. The minimum atomic E-state index is -0.188. The minimum Gasteiger partial charge on any atom is -0.497 e. The molecule has 4 aromatic rings. The Morgan fingerprint density at radius 1 is 1.18 bits per heavy atom. The molecule has 0 saturated carbocycles. The number of amides is 1. The number of aromatic nitrogens is 3. The Morgan fingerprint density at radius 3 is 2.85 bits per heavy atom. The molecule has 1 aliphatic rings. The summed E-state index contributed by atoms with van der Waals surface area (Å²) in [5.41, 5.74) is 4.48. The summed E-state index contributed by atoms with van der Waals surface area (Å²) in [6, 6.07) is 17.6. The molecule has 1 atom stereocenters. The van der Waals surface area contributed by atoms with Gasteiger partial charge in [0, 0.05) is 18.5 Å². The number of piperidine rings is 1. The van der Waals surface area contributed by atoms with Gasteiger partial charge >= 0.3 is 0 Å². The van der Waals surface area contributed by atoms with E-state index in [0.717, 1.165) is 47.6 Å². The summed E-state index contributed by atoms with van der Waals surface area (Å²) >= 11 is 0. The molecule has 5 rings (SSSR count). The molecule has 1 fully saturated rings. The molecule has 0 aliphatic carbocycles. The van der Waals surface area contributed by atoms with Gasteiger partial charge in [-0.15, -0.1) is 0 Å². The number of hydrogen-bond acceptors (Lipinski definition) is 5. The Balaban J connectivity index is 1.33. The standard InChI is InChI=1S/C27H28N4O3/c1-18-9-11-20(12-10-18)23-16-24(30-29-23)27(32)31-13-4-3-8-25(31)26-28-17-22(34-26)15-19-6-5-7-21(14-19)33-2/h5-7,9-12,14,16-17,25H,3-4,8,13,15H2,1-2H3,(H,29,30). The highest BCUT2D eigenvalue weighted by atomic mass is 16.5. The summed E-state index contributed by atoms with van der Waals surface area (Å²) in [5, 5.41) is 7.31. The molecule has 0 radical (unpaired) electrons. The first-order chi connectivity index (χ1) is 16.6. The number of carbonyl (C=O) groups excluding carboxylic acids is 1. The molecular formula is C27H28N4O3. The van der Waals surface area contributed by atoms with Crippen molar-refractivity contribution in [1.29, 1.82) is 0 Å². The number of carbonyl (C=O) groups is 1. The second-order valence-electron chi connectivity index (χ2n) is 8.74. The fourth-order valence-electron chi connectivity index (χ4n) is 4.43. The number of aromatic amines is 1. The summed E-state index contributed by atoms with van der Waals surface area (Å²) in [7, 11) is 1.66. The second kappa shape index (κ2) is 9.55. The maximum atomic E-state index is 13.4. The number of ether oxygens (including phenoxy) is 1. The number of H-pyrrole nitrogens is 1. The van der Waals surface area contributed by atoms with Crippen LogP contribution < -0.4 is 4.74 Å². The van der Waals surface area contributed by atoms with Crippen LogP contribution in [0.5, 0.6) is 5.75 Å². The maximum Gasteiger partial charge on any atom is 0.272 e. The van der Waals surface area contributed by atoms with Crippen molar-refractivity contribution >= 4 is 5.91 Å². The van der Waals surface area contributed by atoms with E-state index >= 15 is 0 Å². The zero-order valence-corrected chi connectivity index (χ0v) is 19.5. The van der Waals surface area contributed by atoms with Gasteiger partial charge in [-0.3, -0.25) is 9.89 Å². The number of oxazole rings is 1. The first kappa shape index (κ1) is 21.9. The van der Waals surface area contributed by atoms with E-state index in [9.17, 15) is 4.79 Å². The van der Waals surface area contributed by atoms with Gasteiger partial charge in [0.05, 0.1) is 19.0 Å². The Hall–Kier alpha value is -3.87. The number of aryl methyl sites for hydroxylation is 1. The second-order valence-corrected chi connectivity index (χ2v) is 8.74. The summed E-state index contributed by atoms with van der Waals surface area (Å²) in [6.07, 6.45) is 5.19. The molecule has 1 amide bonds. The fraction of sp³-hybridized carbons (Fsp3) is 0.296. The molecule has 34 heavy (non-hydrogen) atoms. The van der Waals surface area contributed by atoms with E-state index in [0.29, 0.717) is 24.6 Å². The molecule has 0 spiro atoms. The Morgan fingerprint density at radius 2 is 2.03 bits per heavy atom. The topological polar surface area (TPSA) is 84.2 Å². The van der Waals surface area contributed by atoms with Gasteiger partial charge < -0.3 is 14.1 Å². The van der Waals surface area contributed by atoms with E-state index in [1.165, 1.54) is 5.56 Å². The monoisotopic (exact) mass is 456 g/mol. The van der Waals surface area contributed by atoms with E-state index in [1.54, 1.807) is 13.3 Å². The van der Waals surface area contributed by atoms with Crippen molar-refractivity contribution < 1.29 is 13.9 Å². The molecule has 1 unspecified atom stereocenters. The van der Waals surface area contributed by atoms with E-state index in [4.69, 9.17) is 9.15 Å². The van der Waals surface area contributed by atoms with Gasteiger partial charge in [-0.25, -0.2) is 4.98 Å². The molecule has 1 aliphatic heterocycles. The lowest BCUT2D eigenvalue weighted by molar-refractivity contribution is 0.0564. The first-order valence-electron chi connectivity index (χ1n) is 11.6. The number of methoxy groups -OCH3 is 1. The molecule has 0 bridgehead atoms. The maximum absolute atomic E-state index is 13.4. The van der Waals surface area contributed by atoms with Crippen molar-refractivity contribution in [3.8, 4) is 17.0 Å². The third-order valence-electron chi connectivity index (χ3n) is 6.29. The Kier molecular flexibility index (Phi) is 6.16. The predicted molar refractivity (Wildman–Crippen MR) is 129 cm³/mol. The molecule has 2 aromatic heterocycles. The van der Waals surface area contributed by atoms with Crippen LogP contribution in [-0.2, 0) is 6.42 Å². The molecule has 2 aromatic carbocycles. The quantitative estimate of drug-likeness (QED) is 0.423. The summed E-state index contributed by atoms with van der Waals surface area (Å²) in [4.78, 5) is 19.8. The van der Waals surface area contributed by atoms with E-state index < -0.39 is 0 Å². The summed E-state index contributed by atoms with van der Waals surface area (Å²) in [6.45, 7) is 2.71. The van der Waals surface area contributed by atoms with Crippen LogP contribution in [0.3, 0.4) is 0 Å². The molecule has 7 heteroatoms. The Bertz CT molecular complexity index is 1280. The van der Waals surface area contributed by atoms with Gasteiger partial charge in [0.1, 0.15) is 23.2 Å². The van der Waals surface area contributed by atoms with Gasteiger partial charge in [0.15, 0.2) is 0 Å². The van der Waals surface area contributed by atoms with Crippen molar-refractivity contribution in [2.75, 3.05) is 13.7 Å². The summed E-state index contributed by atoms with van der Waals surface area (Å²) in [5.74, 6) is 2.09. The molecule has 1 saturated heterocycles. The van der Waals surface area contributed by atoms with Gasteiger partial charge in [-0.2, -0.15) is 5.10 Å². The zero-order chi connectivity index (χ0) is 23.5. The van der Waals surface area contributed by atoms with Gasteiger partial charge in [-0.1, -0.05) is 42.0 Å². The highest BCUT2D eigenvalue weighted by Crippen LogP contribution is 2.32. The molecule has 3 heterocycles. The lowest BCUT2D eigenvalue weighted by Gasteiger charge is -2.33. The number of hydrogen-bond donors (Lipinski definition) is 1. The average molecular weight is 457 g/mol. The number of nitrogens with zero attached hydrogens (tertiary/aromatic N) is 3. The van der Waals surface area contributed by atoms with Crippen LogP contribution in [-0.4, -0.2) is 39.6 Å². The van der Waals surface area contributed by atoms with Gasteiger partial charge in [0.2, 0.25) is 5.89 Å². The lowest BCUT2D eigenvalue weighted by atomic mass is 10.0. The van der Waals surface area contributed by atoms with Gasteiger partial charge in [0.25, 0.3) is 5.91 Å². The predicted octanol–water partition coefficient (Wildman–Crippen LogP) is 5.34. The van der Waals surface area contributed by atoms with E-state index in [1.807, 2.05) is 66.4 Å².